The molecule has 1 N–H and O–H groups in total. The second-order valence-electron chi connectivity index (χ2n) is 10.1. The number of hydrogen-bond donors (Lipinski definition) is 1. The number of carbonyl (C=O) groups is 4. The van der Waals surface area contributed by atoms with E-state index in [9.17, 15) is 19.2 Å². The Morgan fingerprint density at radius 2 is 1.66 bits per heavy atom. The molecule has 1 aliphatic heterocycles. The minimum atomic E-state index is -1.09. The minimum Gasteiger partial charge on any atom is -0.454 e. The van der Waals surface area contributed by atoms with E-state index in [-0.39, 0.29) is 41.9 Å². The van der Waals surface area contributed by atoms with Gasteiger partial charge in [-0.05, 0) is 62.1 Å². The van der Waals surface area contributed by atoms with Crippen LogP contribution >= 0.6 is 0 Å². The van der Waals surface area contributed by atoms with Gasteiger partial charge >= 0.3 is 5.97 Å². The van der Waals surface area contributed by atoms with Crippen molar-refractivity contribution in [3.63, 3.8) is 0 Å². The molecule has 2 aromatic carbocycles. The van der Waals surface area contributed by atoms with Gasteiger partial charge in [0, 0.05) is 12.1 Å². The highest BCUT2D eigenvalue weighted by molar-refractivity contribution is 6.08. The van der Waals surface area contributed by atoms with E-state index in [1.165, 1.54) is 0 Å². The molecule has 3 fully saturated rings. The monoisotopic (exact) mass is 474 g/mol. The standard InChI is InChI=1S/C28H30N2O5/c1-16-8-11-21(17(2)12-16)29-23(31)15-35-28(34)22(13-18-6-4-3-5-7-18)30-26(32)24-19-9-10-20(14-19)25(24)27(30)33/h3-8,11-12,19-20,22,24-25H,9-10,13-15H2,1-2H3,(H,29,31)/t19-,20-,22-,24+,25+/m0/s1. The molecule has 1 saturated heterocycles. The molecule has 0 aromatic heterocycles. The number of rotatable bonds is 7. The molecular weight excluding hydrogens is 444 g/mol. The number of benzene rings is 2. The Labute approximate surface area is 204 Å². The Bertz CT molecular complexity index is 1150. The summed E-state index contributed by atoms with van der Waals surface area (Å²) in [5.41, 5.74) is 3.44. The number of ether oxygens (including phenoxy) is 1. The summed E-state index contributed by atoms with van der Waals surface area (Å²) >= 11 is 0. The minimum absolute atomic E-state index is 0.157. The molecule has 182 valence electrons. The number of esters is 1. The van der Waals surface area contributed by atoms with E-state index >= 15 is 0 Å². The highest BCUT2D eigenvalue weighted by Crippen LogP contribution is 2.56. The highest BCUT2D eigenvalue weighted by atomic mass is 16.5. The summed E-state index contributed by atoms with van der Waals surface area (Å²) in [5.74, 6) is -1.92. The lowest BCUT2D eigenvalue weighted by Gasteiger charge is -2.26. The molecule has 0 spiro atoms. The highest BCUT2D eigenvalue weighted by Gasteiger charge is 2.62. The Kier molecular flexibility index (Phi) is 6.17. The summed E-state index contributed by atoms with van der Waals surface area (Å²) in [4.78, 5) is 53.7. The zero-order valence-corrected chi connectivity index (χ0v) is 20.0. The molecule has 2 aliphatic carbocycles. The Morgan fingerprint density at radius 1 is 1.00 bits per heavy atom. The molecule has 3 aliphatic rings. The van der Waals surface area contributed by atoms with Crippen LogP contribution in [0.5, 0.6) is 0 Å². The number of nitrogens with one attached hydrogen (secondary N) is 1. The van der Waals surface area contributed by atoms with E-state index in [1.807, 2.05) is 56.3 Å². The summed E-state index contributed by atoms with van der Waals surface area (Å²) < 4.78 is 5.38. The van der Waals surface area contributed by atoms with Gasteiger partial charge in [0.25, 0.3) is 5.91 Å². The van der Waals surface area contributed by atoms with Gasteiger partial charge in [0.15, 0.2) is 6.61 Å². The molecule has 7 heteroatoms. The molecule has 0 radical (unpaired) electrons. The Balaban J connectivity index is 1.31. The molecule has 5 rings (SSSR count). The first-order valence-corrected chi connectivity index (χ1v) is 12.3. The number of nitrogens with zero attached hydrogens (tertiary/aromatic N) is 1. The average Bonchev–Trinajstić information content (AvgIpc) is 3.52. The fourth-order valence-electron chi connectivity index (χ4n) is 6.23. The zero-order valence-electron chi connectivity index (χ0n) is 20.0. The number of imide groups is 1. The molecule has 2 bridgehead atoms. The fraction of sp³-hybridized carbons (Fsp3) is 0.429. The van der Waals surface area contributed by atoms with Crippen LogP contribution in [-0.4, -0.2) is 41.2 Å². The van der Waals surface area contributed by atoms with Gasteiger partial charge in [-0.25, -0.2) is 4.79 Å². The maximum absolute atomic E-state index is 13.4. The van der Waals surface area contributed by atoms with Gasteiger partial charge in [-0.1, -0.05) is 48.0 Å². The lowest BCUT2D eigenvalue weighted by Crippen LogP contribution is -2.48. The smallest absolute Gasteiger partial charge is 0.330 e. The number of amides is 3. The molecule has 2 saturated carbocycles. The first-order valence-electron chi connectivity index (χ1n) is 12.3. The van der Waals surface area contributed by atoms with Gasteiger partial charge in [0.05, 0.1) is 11.8 Å². The van der Waals surface area contributed by atoms with E-state index < -0.39 is 24.5 Å². The number of likely N-dealkylation sites (tertiary alicyclic amines) is 1. The molecule has 3 amide bonds. The van der Waals surface area contributed by atoms with Crippen molar-refractivity contribution in [2.45, 2.75) is 45.6 Å². The normalized spacial score (nSPS) is 25.5. The average molecular weight is 475 g/mol. The third-order valence-corrected chi connectivity index (χ3v) is 7.82. The van der Waals surface area contributed by atoms with Gasteiger partial charge in [-0.3, -0.25) is 19.3 Å². The van der Waals surface area contributed by atoms with Crippen molar-refractivity contribution in [2.75, 3.05) is 11.9 Å². The van der Waals surface area contributed by atoms with Crippen LogP contribution in [0, 0.1) is 37.5 Å². The van der Waals surface area contributed by atoms with E-state index in [0.717, 1.165) is 40.9 Å². The van der Waals surface area contributed by atoms with E-state index in [0.29, 0.717) is 5.69 Å². The second-order valence-corrected chi connectivity index (χ2v) is 10.1. The van der Waals surface area contributed by atoms with Crippen molar-refractivity contribution in [2.24, 2.45) is 23.7 Å². The van der Waals surface area contributed by atoms with Crippen LogP contribution in [0.2, 0.25) is 0 Å². The summed E-state index contributed by atoms with van der Waals surface area (Å²) in [6.07, 6.45) is 3.01. The van der Waals surface area contributed by atoms with Crippen LogP contribution in [0.4, 0.5) is 5.69 Å². The second kappa shape index (κ2) is 9.29. The van der Waals surface area contributed by atoms with Crippen LogP contribution in [0.15, 0.2) is 48.5 Å². The fourth-order valence-corrected chi connectivity index (χ4v) is 6.23. The van der Waals surface area contributed by atoms with E-state index in [1.54, 1.807) is 6.07 Å². The van der Waals surface area contributed by atoms with Crippen LogP contribution < -0.4 is 5.32 Å². The first kappa shape index (κ1) is 23.3. The maximum Gasteiger partial charge on any atom is 0.330 e. The molecular formula is C28H30N2O5. The summed E-state index contributed by atoms with van der Waals surface area (Å²) in [5, 5.41) is 2.76. The SMILES string of the molecule is Cc1ccc(NC(=O)COC(=O)[C@H](Cc2ccccc2)N2C(=O)[C@@H]3[C@H]4CC[C@@H](C4)[C@H]3C2=O)c(C)c1. The van der Waals surface area contributed by atoms with Crippen molar-refractivity contribution in [3.05, 3.63) is 65.2 Å². The maximum atomic E-state index is 13.4. The zero-order chi connectivity index (χ0) is 24.7. The van der Waals surface area contributed by atoms with Crippen molar-refractivity contribution < 1.29 is 23.9 Å². The van der Waals surface area contributed by atoms with Gasteiger partial charge in [-0.2, -0.15) is 0 Å². The van der Waals surface area contributed by atoms with E-state index in [2.05, 4.69) is 5.32 Å². The molecule has 7 nitrogen and oxygen atoms in total. The van der Waals surface area contributed by atoms with E-state index in [4.69, 9.17) is 4.74 Å². The number of hydrogen-bond acceptors (Lipinski definition) is 5. The van der Waals surface area contributed by atoms with Crippen molar-refractivity contribution >= 4 is 29.4 Å². The topological polar surface area (TPSA) is 92.8 Å². The van der Waals surface area contributed by atoms with Crippen LogP contribution in [0.25, 0.3) is 0 Å². The lowest BCUT2D eigenvalue weighted by atomic mass is 9.81. The number of fused-ring (bicyclic) bond motifs is 5. The number of carbonyl (C=O) groups excluding carboxylic acids is 4. The summed E-state index contributed by atoms with van der Waals surface area (Å²) in [6.45, 7) is 3.36. The molecule has 5 atom stereocenters. The van der Waals surface area contributed by atoms with Crippen LogP contribution in [-0.2, 0) is 30.3 Å². The molecule has 35 heavy (non-hydrogen) atoms. The van der Waals surface area contributed by atoms with Crippen LogP contribution in [0.3, 0.4) is 0 Å². The van der Waals surface area contributed by atoms with Crippen molar-refractivity contribution in [1.82, 2.24) is 4.90 Å². The van der Waals surface area contributed by atoms with Crippen molar-refractivity contribution in [3.8, 4) is 0 Å². The first-order chi connectivity index (χ1) is 16.8. The Hall–Kier alpha value is -3.48. The van der Waals surface area contributed by atoms with Crippen molar-refractivity contribution in [1.29, 1.82) is 0 Å². The predicted octanol–water partition coefficient (Wildman–Crippen LogP) is 3.43. The number of anilines is 1. The largest absolute Gasteiger partial charge is 0.454 e. The number of aryl methyl sites for hydroxylation is 2. The molecule has 0 unspecified atom stereocenters. The van der Waals surface area contributed by atoms with Gasteiger partial charge < -0.3 is 10.1 Å². The third kappa shape index (κ3) is 4.35. The van der Waals surface area contributed by atoms with Gasteiger partial charge in [0.1, 0.15) is 6.04 Å². The lowest BCUT2D eigenvalue weighted by molar-refractivity contribution is -0.160. The predicted molar refractivity (Wildman–Crippen MR) is 129 cm³/mol. The quantitative estimate of drug-likeness (QED) is 0.490. The van der Waals surface area contributed by atoms with Crippen LogP contribution in [0.1, 0.15) is 36.0 Å². The summed E-state index contributed by atoms with van der Waals surface area (Å²) in [7, 11) is 0. The van der Waals surface area contributed by atoms with Gasteiger partial charge in [-0.15, -0.1) is 0 Å². The summed E-state index contributed by atoms with van der Waals surface area (Å²) in [6, 6.07) is 13.8. The van der Waals surface area contributed by atoms with Gasteiger partial charge in [0.2, 0.25) is 11.8 Å². The molecule has 2 aromatic rings. The Morgan fingerprint density at radius 3 is 2.29 bits per heavy atom. The molecule has 1 heterocycles. The third-order valence-electron chi connectivity index (χ3n) is 7.82.